The standard InChI is InChI=1S/C19H19ClN2O3S/c1-24-15-4-3-5-16(25-2)17(15)18(23)22-11-10-21-19(22)26-12-13-6-8-14(20)9-7-13/h3-9H,10-12H2,1-2H3. The highest BCUT2D eigenvalue weighted by Crippen LogP contribution is 2.31. The average molecular weight is 391 g/mol. The second-order valence-electron chi connectivity index (χ2n) is 5.57. The normalized spacial score (nSPS) is 13.5. The van der Waals surface area contributed by atoms with Crippen LogP contribution in [0.15, 0.2) is 47.5 Å². The molecule has 0 aromatic heterocycles. The van der Waals surface area contributed by atoms with Crippen LogP contribution in [0, 0.1) is 0 Å². The first kappa shape index (κ1) is 18.6. The van der Waals surface area contributed by atoms with Gasteiger partial charge in [0.05, 0.1) is 20.8 Å². The van der Waals surface area contributed by atoms with E-state index in [0.717, 1.165) is 5.56 Å². The molecule has 2 aromatic carbocycles. The van der Waals surface area contributed by atoms with Crippen LogP contribution >= 0.6 is 23.4 Å². The summed E-state index contributed by atoms with van der Waals surface area (Å²) in [5, 5.41) is 1.41. The van der Waals surface area contributed by atoms with Crippen LogP contribution in [-0.4, -0.2) is 43.3 Å². The number of carbonyl (C=O) groups excluding carboxylic acids is 1. The summed E-state index contributed by atoms with van der Waals surface area (Å²) in [5.41, 5.74) is 1.54. The van der Waals surface area contributed by atoms with Crippen molar-refractivity contribution in [2.75, 3.05) is 27.3 Å². The third kappa shape index (κ3) is 3.97. The Bertz CT molecular complexity index is 802. The second kappa shape index (κ2) is 8.47. The zero-order valence-corrected chi connectivity index (χ0v) is 16.1. The molecule has 0 bridgehead atoms. The minimum atomic E-state index is -0.167. The predicted octanol–water partition coefficient (Wildman–Crippen LogP) is 4.10. The maximum atomic E-state index is 13.1. The zero-order chi connectivity index (χ0) is 18.5. The maximum Gasteiger partial charge on any atom is 0.267 e. The summed E-state index contributed by atoms with van der Waals surface area (Å²) in [6, 6.07) is 13.0. The monoisotopic (exact) mass is 390 g/mol. The molecule has 0 unspecified atom stereocenters. The fourth-order valence-corrected chi connectivity index (χ4v) is 3.79. The third-order valence-electron chi connectivity index (χ3n) is 3.97. The molecule has 0 saturated heterocycles. The number of amides is 1. The lowest BCUT2D eigenvalue weighted by Crippen LogP contribution is -2.33. The van der Waals surface area contributed by atoms with Crippen LogP contribution in [0.2, 0.25) is 5.02 Å². The van der Waals surface area contributed by atoms with Gasteiger partial charge in [0.25, 0.3) is 5.91 Å². The van der Waals surface area contributed by atoms with Gasteiger partial charge in [-0.05, 0) is 29.8 Å². The van der Waals surface area contributed by atoms with Gasteiger partial charge >= 0.3 is 0 Å². The molecule has 0 radical (unpaired) electrons. The Morgan fingerprint density at radius 2 is 1.81 bits per heavy atom. The molecule has 0 saturated carbocycles. The molecule has 1 heterocycles. The van der Waals surface area contributed by atoms with Gasteiger partial charge in [0.15, 0.2) is 5.17 Å². The number of amidine groups is 1. The molecule has 26 heavy (non-hydrogen) atoms. The molecule has 7 heteroatoms. The summed E-state index contributed by atoms with van der Waals surface area (Å²) in [7, 11) is 3.08. The Hall–Kier alpha value is -2.18. The van der Waals surface area contributed by atoms with Crippen molar-refractivity contribution in [3.8, 4) is 11.5 Å². The van der Waals surface area contributed by atoms with E-state index in [9.17, 15) is 4.79 Å². The SMILES string of the molecule is COc1cccc(OC)c1C(=O)N1CCN=C1SCc1ccc(Cl)cc1. The molecule has 2 aromatic rings. The van der Waals surface area contributed by atoms with Gasteiger partial charge in [-0.3, -0.25) is 14.7 Å². The zero-order valence-electron chi connectivity index (χ0n) is 14.6. The van der Waals surface area contributed by atoms with Gasteiger partial charge in [0.2, 0.25) is 0 Å². The number of carbonyl (C=O) groups is 1. The summed E-state index contributed by atoms with van der Waals surface area (Å²) < 4.78 is 10.7. The van der Waals surface area contributed by atoms with Crippen molar-refractivity contribution >= 4 is 34.4 Å². The largest absolute Gasteiger partial charge is 0.496 e. The Balaban J connectivity index is 1.77. The Labute approximate surface area is 162 Å². The van der Waals surface area contributed by atoms with Gasteiger partial charge in [0.1, 0.15) is 17.1 Å². The topological polar surface area (TPSA) is 51.1 Å². The fraction of sp³-hybridized carbons (Fsp3) is 0.263. The molecule has 5 nitrogen and oxygen atoms in total. The molecule has 0 spiro atoms. The van der Waals surface area contributed by atoms with Gasteiger partial charge in [0, 0.05) is 17.3 Å². The smallest absolute Gasteiger partial charge is 0.267 e. The lowest BCUT2D eigenvalue weighted by atomic mass is 10.1. The number of rotatable bonds is 5. The minimum absolute atomic E-state index is 0.167. The molecule has 1 amide bonds. The Morgan fingerprint density at radius 3 is 2.42 bits per heavy atom. The summed E-state index contributed by atoms with van der Waals surface area (Å²) in [5.74, 6) is 1.52. The number of nitrogens with zero attached hydrogens (tertiary/aromatic N) is 2. The van der Waals surface area contributed by atoms with Crippen LogP contribution in [0.4, 0.5) is 0 Å². The summed E-state index contributed by atoms with van der Waals surface area (Å²) in [6.07, 6.45) is 0. The van der Waals surface area contributed by atoms with Crippen molar-refractivity contribution in [1.29, 1.82) is 0 Å². The van der Waals surface area contributed by atoms with Crippen molar-refractivity contribution in [3.05, 3.63) is 58.6 Å². The number of ether oxygens (including phenoxy) is 2. The highest BCUT2D eigenvalue weighted by atomic mass is 35.5. The number of halogens is 1. The molecule has 136 valence electrons. The van der Waals surface area contributed by atoms with Crippen molar-refractivity contribution < 1.29 is 14.3 Å². The van der Waals surface area contributed by atoms with Gasteiger partial charge in [-0.1, -0.05) is 41.6 Å². The number of methoxy groups -OCH3 is 2. The quantitative estimate of drug-likeness (QED) is 0.771. The minimum Gasteiger partial charge on any atom is -0.496 e. The van der Waals surface area contributed by atoms with Crippen molar-refractivity contribution in [2.45, 2.75) is 5.75 Å². The molecule has 0 N–H and O–H groups in total. The van der Waals surface area contributed by atoms with Gasteiger partial charge in [-0.25, -0.2) is 0 Å². The lowest BCUT2D eigenvalue weighted by Gasteiger charge is -2.20. The molecule has 1 aliphatic rings. The summed E-state index contributed by atoms with van der Waals surface area (Å²) in [6.45, 7) is 1.13. The van der Waals surface area contributed by atoms with Crippen LogP contribution < -0.4 is 9.47 Å². The van der Waals surface area contributed by atoms with Crippen LogP contribution in [0.5, 0.6) is 11.5 Å². The average Bonchev–Trinajstić information content (AvgIpc) is 3.15. The van der Waals surface area contributed by atoms with Crippen molar-refractivity contribution in [1.82, 2.24) is 4.90 Å². The Morgan fingerprint density at radius 1 is 1.15 bits per heavy atom. The first-order chi connectivity index (χ1) is 12.6. The Kier molecular flexibility index (Phi) is 6.06. The molecule has 3 rings (SSSR count). The number of hydrogen-bond acceptors (Lipinski definition) is 5. The van der Waals surface area contributed by atoms with Crippen LogP contribution in [0.3, 0.4) is 0 Å². The molecule has 0 aliphatic carbocycles. The number of benzene rings is 2. The fourth-order valence-electron chi connectivity index (χ4n) is 2.66. The van der Waals surface area contributed by atoms with Crippen LogP contribution in [0.1, 0.15) is 15.9 Å². The van der Waals surface area contributed by atoms with Gasteiger partial charge < -0.3 is 9.47 Å². The molecule has 0 fully saturated rings. The van der Waals surface area contributed by atoms with E-state index in [1.165, 1.54) is 11.8 Å². The van der Waals surface area contributed by atoms with Crippen molar-refractivity contribution in [3.63, 3.8) is 0 Å². The van der Waals surface area contributed by atoms with Crippen LogP contribution in [-0.2, 0) is 5.75 Å². The van der Waals surface area contributed by atoms with Gasteiger partial charge in [-0.2, -0.15) is 0 Å². The summed E-state index contributed by atoms with van der Waals surface area (Å²) >= 11 is 7.45. The maximum absolute atomic E-state index is 13.1. The van der Waals surface area contributed by atoms with E-state index >= 15 is 0 Å². The number of thioether (sulfide) groups is 1. The number of aliphatic imine (C=N–C) groups is 1. The molecular formula is C19H19ClN2O3S. The van der Waals surface area contributed by atoms with E-state index in [2.05, 4.69) is 4.99 Å². The predicted molar refractivity (Wildman–Crippen MR) is 106 cm³/mol. The van der Waals surface area contributed by atoms with E-state index in [1.54, 1.807) is 37.3 Å². The molecule has 1 aliphatic heterocycles. The first-order valence-electron chi connectivity index (χ1n) is 8.08. The third-order valence-corrected chi connectivity index (χ3v) is 5.31. The highest BCUT2D eigenvalue weighted by molar-refractivity contribution is 8.13. The van der Waals surface area contributed by atoms with Crippen LogP contribution in [0.25, 0.3) is 0 Å². The van der Waals surface area contributed by atoms with E-state index < -0.39 is 0 Å². The van der Waals surface area contributed by atoms with E-state index in [1.807, 2.05) is 24.3 Å². The molecular weight excluding hydrogens is 372 g/mol. The summed E-state index contributed by atoms with van der Waals surface area (Å²) in [4.78, 5) is 19.3. The van der Waals surface area contributed by atoms with E-state index in [4.69, 9.17) is 21.1 Å². The first-order valence-corrected chi connectivity index (χ1v) is 9.45. The molecule has 0 atom stereocenters. The lowest BCUT2D eigenvalue weighted by molar-refractivity contribution is 0.0854. The van der Waals surface area contributed by atoms with Crippen molar-refractivity contribution in [2.24, 2.45) is 4.99 Å². The van der Waals surface area contributed by atoms with E-state index in [0.29, 0.717) is 46.1 Å². The van der Waals surface area contributed by atoms with E-state index in [-0.39, 0.29) is 5.91 Å². The van der Waals surface area contributed by atoms with Gasteiger partial charge in [-0.15, -0.1) is 0 Å². The highest BCUT2D eigenvalue weighted by Gasteiger charge is 2.29. The number of hydrogen-bond donors (Lipinski definition) is 0. The second-order valence-corrected chi connectivity index (χ2v) is 6.95.